The first-order valence-electron chi connectivity index (χ1n) is 3.83. The average Bonchev–Trinajstić information content (AvgIpc) is 2.09. The maximum atomic E-state index is 12.4. The highest BCUT2D eigenvalue weighted by molar-refractivity contribution is 5.18. The van der Waals surface area contributed by atoms with Crippen molar-refractivity contribution >= 4 is 0 Å². The molecule has 0 aliphatic rings. The molecule has 0 spiro atoms. The van der Waals surface area contributed by atoms with Gasteiger partial charge in [0.2, 0.25) is 0 Å². The zero-order valence-corrected chi connectivity index (χ0v) is 6.70. The van der Waals surface area contributed by atoms with Gasteiger partial charge in [-0.05, 0) is 24.1 Å². The standard InChI is InChI=1S/C10H11FO/c11-10-6-4-9(5-7-10)3-1-2-8-12/h1-2,4-7,12H,3,8H2. The van der Waals surface area contributed by atoms with E-state index in [-0.39, 0.29) is 12.4 Å². The Hall–Kier alpha value is -1.15. The second kappa shape index (κ2) is 4.67. The Kier molecular flexibility index (Phi) is 3.48. The number of hydrogen-bond acceptors (Lipinski definition) is 1. The average molecular weight is 166 g/mol. The topological polar surface area (TPSA) is 20.2 Å². The van der Waals surface area contributed by atoms with Crippen molar-refractivity contribution in [1.29, 1.82) is 0 Å². The summed E-state index contributed by atoms with van der Waals surface area (Å²) < 4.78 is 12.4. The first-order chi connectivity index (χ1) is 5.83. The first-order valence-corrected chi connectivity index (χ1v) is 3.83. The lowest BCUT2D eigenvalue weighted by Gasteiger charge is -1.94. The van der Waals surface area contributed by atoms with Gasteiger partial charge in [-0.25, -0.2) is 4.39 Å². The van der Waals surface area contributed by atoms with Crippen LogP contribution in [0.2, 0.25) is 0 Å². The quantitative estimate of drug-likeness (QED) is 0.680. The van der Waals surface area contributed by atoms with Gasteiger partial charge in [0.25, 0.3) is 0 Å². The summed E-state index contributed by atoms with van der Waals surface area (Å²) in [5, 5.41) is 8.44. The molecule has 0 unspecified atom stereocenters. The second-order valence-corrected chi connectivity index (χ2v) is 2.48. The third-order valence-corrected chi connectivity index (χ3v) is 1.54. The molecule has 2 heteroatoms. The van der Waals surface area contributed by atoms with Crippen molar-refractivity contribution in [3.05, 3.63) is 47.8 Å². The minimum atomic E-state index is -0.218. The Labute approximate surface area is 71.2 Å². The van der Waals surface area contributed by atoms with Crippen molar-refractivity contribution in [1.82, 2.24) is 0 Å². The van der Waals surface area contributed by atoms with Crippen molar-refractivity contribution in [3.63, 3.8) is 0 Å². The molecule has 1 rings (SSSR count). The number of halogens is 1. The highest BCUT2D eigenvalue weighted by atomic mass is 19.1. The molecule has 0 atom stereocenters. The van der Waals surface area contributed by atoms with Gasteiger partial charge >= 0.3 is 0 Å². The summed E-state index contributed by atoms with van der Waals surface area (Å²) in [7, 11) is 0. The summed E-state index contributed by atoms with van der Waals surface area (Å²) in [4.78, 5) is 0. The van der Waals surface area contributed by atoms with Crippen LogP contribution in [0.15, 0.2) is 36.4 Å². The summed E-state index contributed by atoms with van der Waals surface area (Å²) in [6.45, 7) is 0.0567. The van der Waals surface area contributed by atoms with E-state index >= 15 is 0 Å². The molecule has 1 aromatic rings. The van der Waals surface area contributed by atoms with Gasteiger partial charge in [-0.2, -0.15) is 0 Å². The van der Waals surface area contributed by atoms with Crippen LogP contribution in [0.25, 0.3) is 0 Å². The highest BCUT2D eigenvalue weighted by Crippen LogP contribution is 2.03. The lowest BCUT2D eigenvalue weighted by molar-refractivity contribution is 0.342. The van der Waals surface area contributed by atoms with Crippen LogP contribution in [-0.4, -0.2) is 11.7 Å². The molecular weight excluding hydrogens is 155 g/mol. The Morgan fingerprint density at radius 1 is 1.17 bits per heavy atom. The van der Waals surface area contributed by atoms with Gasteiger partial charge in [0.15, 0.2) is 0 Å². The van der Waals surface area contributed by atoms with Crippen molar-refractivity contribution in [2.45, 2.75) is 6.42 Å². The van der Waals surface area contributed by atoms with Crippen LogP contribution in [0.3, 0.4) is 0 Å². The molecule has 0 saturated heterocycles. The van der Waals surface area contributed by atoms with Crippen LogP contribution in [0, 0.1) is 5.82 Å². The van der Waals surface area contributed by atoms with E-state index in [1.807, 2.05) is 6.08 Å². The Morgan fingerprint density at radius 3 is 2.42 bits per heavy atom. The van der Waals surface area contributed by atoms with Crippen LogP contribution < -0.4 is 0 Å². The SMILES string of the molecule is OCC=CCc1ccc(F)cc1. The molecule has 0 aliphatic carbocycles. The molecule has 0 bridgehead atoms. The van der Waals surface area contributed by atoms with Crippen LogP contribution in [0.4, 0.5) is 4.39 Å². The third-order valence-electron chi connectivity index (χ3n) is 1.54. The fraction of sp³-hybridized carbons (Fsp3) is 0.200. The number of aliphatic hydroxyl groups excluding tert-OH is 1. The van der Waals surface area contributed by atoms with E-state index in [0.29, 0.717) is 0 Å². The summed E-state index contributed by atoms with van der Waals surface area (Å²) in [6.07, 6.45) is 4.26. The van der Waals surface area contributed by atoms with E-state index < -0.39 is 0 Å². The maximum absolute atomic E-state index is 12.4. The van der Waals surface area contributed by atoms with Gasteiger partial charge in [-0.15, -0.1) is 0 Å². The summed E-state index contributed by atoms with van der Waals surface area (Å²) in [5.41, 5.74) is 1.04. The predicted octanol–water partition coefficient (Wildman–Crippen LogP) is 1.92. The molecule has 12 heavy (non-hydrogen) atoms. The summed E-state index contributed by atoms with van der Waals surface area (Å²) in [6, 6.07) is 6.33. The lowest BCUT2D eigenvalue weighted by Crippen LogP contribution is -1.82. The molecule has 1 N–H and O–H groups in total. The molecule has 0 heterocycles. The van der Waals surface area contributed by atoms with Crippen molar-refractivity contribution in [2.75, 3.05) is 6.61 Å². The summed E-state index contributed by atoms with van der Waals surface area (Å²) in [5.74, 6) is -0.218. The van der Waals surface area contributed by atoms with Gasteiger partial charge in [0.1, 0.15) is 5.82 Å². The van der Waals surface area contributed by atoms with Crippen LogP contribution in [-0.2, 0) is 6.42 Å². The van der Waals surface area contributed by atoms with Crippen LogP contribution in [0.5, 0.6) is 0 Å². The molecule has 0 fully saturated rings. The first kappa shape index (κ1) is 8.94. The van der Waals surface area contributed by atoms with Crippen LogP contribution in [0.1, 0.15) is 5.56 Å². The molecule has 1 nitrogen and oxygen atoms in total. The van der Waals surface area contributed by atoms with Crippen molar-refractivity contribution in [3.8, 4) is 0 Å². The van der Waals surface area contributed by atoms with E-state index in [0.717, 1.165) is 12.0 Å². The second-order valence-electron chi connectivity index (χ2n) is 2.48. The monoisotopic (exact) mass is 166 g/mol. The highest BCUT2D eigenvalue weighted by Gasteiger charge is 1.89. The lowest BCUT2D eigenvalue weighted by atomic mass is 10.1. The molecular formula is C10H11FO. The molecule has 0 amide bonds. The van der Waals surface area contributed by atoms with Crippen molar-refractivity contribution < 1.29 is 9.50 Å². The number of hydrogen-bond donors (Lipinski definition) is 1. The Balaban J connectivity index is 2.53. The molecule has 0 radical (unpaired) electrons. The predicted molar refractivity (Wildman–Crippen MR) is 46.3 cm³/mol. The van der Waals surface area contributed by atoms with Gasteiger partial charge in [-0.1, -0.05) is 24.3 Å². The zero-order chi connectivity index (χ0) is 8.81. The molecule has 1 aromatic carbocycles. The molecule has 0 aliphatic heterocycles. The zero-order valence-electron chi connectivity index (χ0n) is 6.70. The van der Waals surface area contributed by atoms with E-state index in [9.17, 15) is 4.39 Å². The van der Waals surface area contributed by atoms with Gasteiger partial charge < -0.3 is 5.11 Å². The summed E-state index contributed by atoms with van der Waals surface area (Å²) >= 11 is 0. The third kappa shape index (κ3) is 2.84. The molecule has 64 valence electrons. The maximum Gasteiger partial charge on any atom is 0.123 e. The Morgan fingerprint density at radius 2 is 1.83 bits per heavy atom. The Bertz CT molecular complexity index is 251. The molecule has 0 saturated carbocycles. The fourth-order valence-electron chi connectivity index (χ4n) is 0.914. The van der Waals surface area contributed by atoms with Crippen LogP contribution >= 0.6 is 0 Å². The van der Waals surface area contributed by atoms with E-state index in [1.165, 1.54) is 12.1 Å². The number of aliphatic hydroxyl groups is 1. The smallest absolute Gasteiger partial charge is 0.123 e. The number of rotatable bonds is 3. The van der Waals surface area contributed by atoms with E-state index in [4.69, 9.17) is 5.11 Å². The fourth-order valence-corrected chi connectivity index (χ4v) is 0.914. The van der Waals surface area contributed by atoms with Gasteiger partial charge in [0.05, 0.1) is 6.61 Å². The number of benzene rings is 1. The minimum absolute atomic E-state index is 0.0567. The number of allylic oxidation sites excluding steroid dienone is 1. The normalized spacial score (nSPS) is 10.8. The van der Waals surface area contributed by atoms with Gasteiger partial charge in [-0.3, -0.25) is 0 Å². The van der Waals surface area contributed by atoms with Crippen molar-refractivity contribution in [2.24, 2.45) is 0 Å². The molecule has 0 aromatic heterocycles. The van der Waals surface area contributed by atoms with Gasteiger partial charge in [0, 0.05) is 0 Å². The minimum Gasteiger partial charge on any atom is -0.392 e. The van der Waals surface area contributed by atoms with E-state index in [1.54, 1.807) is 18.2 Å². The van der Waals surface area contributed by atoms with E-state index in [2.05, 4.69) is 0 Å². The largest absolute Gasteiger partial charge is 0.392 e.